The molecule has 3 aromatic rings. The Hall–Kier alpha value is -4.00. The van der Waals surface area contributed by atoms with Gasteiger partial charge in [-0.25, -0.2) is 14.4 Å². The lowest BCUT2D eigenvalue weighted by Crippen LogP contribution is -2.36. The van der Waals surface area contributed by atoms with Gasteiger partial charge >= 0.3 is 33.1 Å². The van der Waals surface area contributed by atoms with E-state index in [1.165, 1.54) is 54.6 Å². The molecule has 0 unspecified atom stereocenters. The number of rotatable bonds is 6. The lowest BCUT2D eigenvalue weighted by Gasteiger charge is -2.25. The molecule has 0 atom stereocenters. The summed E-state index contributed by atoms with van der Waals surface area (Å²) in [7, 11) is 0. The lowest BCUT2D eigenvalue weighted by atomic mass is 9.83. The van der Waals surface area contributed by atoms with Gasteiger partial charge in [0.15, 0.2) is 0 Å². The molecule has 0 spiro atoms. The zero-order chi connectivity index (χ0) is 32.5. The Labute approximate surface area is 257 Å². The Bertz CT molecular complexity index is 1360. The van der Waals surface area contributed by atoms with Crippen LogP contribution in [0.3, 0.4) is 0 Å². The molecule has 9 nitrogen and oxygen atoms in total. The van der Waals surface area contributed by atoms with Crippen LogP contribution in [0.5, 0.6) is 17.2 Å². The molecule has 3 rings (SSSR count). The van der Waals surface area contributed by atoms with Crippen LogP contribution in [0.2, 0.25) is 0 Å². The third-order valence-electron chi connectivity index (χ3n) is 6.70. The summed E-state index contributed by atoms with van der Waals surface area (Å²) >= 11 is -3.91. The number of aromatic hydroxyl groups is 3. The second-order valence-corrected chi connectivity index (χ2v) is 14.7. The van der Waals surface area contributed by atoms with Gasteiger partial charge in [0.1, 0.15) is 17.2 Å². The standard InChI is InChI=1S/3C11H14O3.Al/c3*1-11(2,3)9-6-7(12)4-5-8(9)10(13)14;/h3*4-6,12H,1-3H3,(H,13,14);/q;;;+3/p-3. The summed E-state index contributed by atoms with van der Waals surface area (Å²) in [5.74, 6) is -2.83. The van der Waals surface area contributed by atoms with Gasteiger partial charge in [-0.3, -0.25) is 0 Å². The van der Waals surface area contributed by atoms with Crippen molar-refractivity contribution in [2.75, 3.05) is 0 Å². The fourth-order valence-electron chi connectivity index (χ4n) is 4.52. The molecule has 0 aromatic heterocycles. The predicted molar refractivity (Wildman–Crippen MR) is 162 cm³/mol. The molecule has 43 heavy (non-hydrogen) atoms. The van der Waals surface area contributed by atoms with Crippen molar-refractivity contribution in [3.05, 3.63) is 88.0 Å². The molecule has 0 aliphatic carbocycles. The van der Waals surface area contributed by atoms with Crippen LogP contribution in [0.1, 0.15) is 110 Å². The molecule has 0 amide bonds. The first-order valence-corrected chi connectivity index (χ1v) is 15.2. The zero-order valence-corrected chi connectivity index (χ0v) is 27.2. The molecule has 0 aliphatic heterocycles. The van der Waals surface area contributed by atoms with Gasteiger partial charge in [0, 0.05) is 0 Å². The monoisotopic (exact) mass is 606 g/mol. The summed E-state index contributed by atoms with van der Waals surface area (Å²) in [6.45, 7) is 16.7. The highest BCUT2D eigenvalue weighted by Gasteiger charge is 2.51. The SMILES string of the molecule is CC(C)(C)c1cc(O)ccc1C(=O)[O][Al]([O]C(=O)c1ccc(O)cc1C(C)(C)C)[O]C(=O)c1ccc(O)cc1C(C)(C)C. The van der Waals surface area contributed by atoms with Crippen LogP contribution in [-0.2, 0) is 27.6 Å². The molecule has 0 saturated heterocycles. The summed E-state index contributed by atoms with van der Waals surface area (Å²) in [5, 5.41) is 30.2. The first kappa shape index (κ1) is 33.5. The fourth-order valence-corrected chi connectivity index (χ4v) is 5.57. The maximum atomic E-state index is 13.5. The van der Waals surface area contributed by atoms with Gasteiger partial charge in [-0.15, -0.1) is 0 Å². The maximum Gasteiger partial charge on any atom is 1.20 e. The summed E-state index contributed by atoms with van der Waals surface area (Å²) in [4.78, 5) is 40.5. The topological polar surface area (TPSA) is 140 Å². The largest absolute Gasteiger partial charge is 1.20 e. The minimum Gasteiger partial charge on any atom is -0.547 e. The minimum absolute atomic E-state index is 0.0443. The van der Waals surface area contributed by atoms with Crippen LogP contribution < -0.4 is 0 Å². The van der Waals surface area contributed by atoms with E-state index < -0.39 is 49.3 Å². The highest BCUT2D eigenvalue weighted by Crippen LogP contribution is 2.33. The molecule has 3 aromatic carbocycles. The van der Waals surface area contributed by atoms with Crippen molar-refractivity contribution < 1.29 is 41.1 Å². The Morgan fingerprint density at radius 1 is 0.488 bits per heavy atom. The van der Waals surface area contributed by atoms with Crippen LogP contribution in [0, 0.1) is 0 Å². The van der Waals surface area contributed by atoms with E-state index in [2.05, 4.69) is 0 Å². The summed E-state index contributed by atoms with van der Waals surface area (Å²) in [6.07, 6.45) is 0. The second-order valence-electron chi connectivity index (χ2n) is 13.4. The molecule has 3 N–H and O–H groups in total. The maximum absolute atomic E-state index is 13.5. The fraction of sp³-hybridized carbons (Fsp3) is 0.364. The van der Waals surface area contributed by atoms with Crippen LogP contribution >= 0.6 is 0 Å². The van der Waals surface area contributed by atoms with E-state index in [1.54, 1.807) is 0 Å². The smallest absolute Gasteiger partial charge is 0.547 e. The van der Waals surface area contributed by atoms with Crippen molar-refractivity contribution in [1.82, 2.24) is 0 Å². The number of phenolic OH excluding ortho intramolecular Hbond substituents is 3. The van der Waals surface area contributed by atoms with E-state index in [4.69, 9.17) is 11.4 Å². The highest BCUT2D eigenvalue weighted by molar-refractivity contribution is 6.45. The van der Waals surface area contributed by atoms with Crippen molar-refractivity contribution in [2.24, 2.45) is 0 Å². The van der Waals surface area contributed by atoms with Crippen molar-refractivity contribution >= 4 is 33.1 Å². The minimum atomic E-state index is -3.91. The average molecular weight is 607 g/mol. The Morgan fingerprint density at radius 2 is 0.721 bits per heavy atom. The van der Waals surface area contributed by atoms with Gasteiger partial charge < -0.3 is 26.7 Å². The van der Waals surface area contributed by atoms with Gasteiger partial charge in [0.05, 0.1) is 16.7 Å². The van der Waals surface area contributed by atoms with Crippen molar-refractivity contribution in [2.45, 2.75) is 78.6 Å². The van der Waals surface area contributed by atoms with Crippen LogP contribution in [-0.4, -0.2) is 48.4 Å². The summed E-state index contributed by atoms with van der Waals surface area (Å²) in [6, 6.07) is 12.5. The Balaban J connectivity index is 2.05. The van der Waals surface area contributed by atoms with Gasteiger partial charge in [-0.05, 0) is 87.5 Å². The van der Waals surface area contributed by atoms with Crippen molar-refractivity contribution in [3.8, 4) is 17.2 Å². The molecule has 0 bridgehead atoms. The number of phenols is 3. The molecule has 0 saturated carbocycles. The molecule has 0 fully saturated rings. The van der Waals surface area contributed by atoms with Crippen LogP contribution in [0.15, 0.2) is 54.6 Å². The van der Waals surface area contributed by atoms with Crippen LogP contribution in [0.4, 0.5) is 0 Å². The number of carbonyl (C=O) groups is 3. The lowest BCUT2D eigenvalue weighted by molar-refractivity contribution is 0.0407. The third-order valence-corrected chi connectivity index (χ3v) is 7.92. The zero-order valence-electron chi connectivity index (χ0n) is 26.1. The number of benzene rings is 3. The highest BCUT2D eigenvalue weighted by atomic mass is 27.3. The quantitative estimate of drug-likeness (QED) is 0.267. The summed E-state index contributed by atoms with van der Waals surface area (Å²) in [5.41, 5.74) is 0.0379. The van der Waals surface area contributed by atoms with E-state index in [0.29, 0.717) is 16.7 Å². The van der Waals surface area contributed by atoms with Crippen LogP contribution in [0.25, 0.3) is 0 Å². The molecule has 228 valence electrons. The second kappa shape index (κ2) is 12.3. The Morgan fingerprint density at radius 3 is 0.930 bits per heavy atom. The van der Waals surface area contributed by atoms with Gasteiger partial charge in [0.25, 0.3) is 0 Å². The molecule has 0 aliphatic rings. The van der Waals surface area contributed by atoms with E-state index in [1.807, 2.05) is 62.3 Å². The molecule has 0 heterocycles. The normalized spacial score (nSPS) is 11.9. The third kappa shape index (κ3) is 8.31. The number of hydrogen-bond donors (Lipinski definition) is 3. The van der Waals surface area contributed by atoms with E-state index in [9.17, 15) is 29.7 Å². The van der Waals surface area contributed by atoms with E-state index in [0.717, 1.165) is 0 Å². The van der Waals surface area contributed by atoms with Crippen molar-refractivity contribution in [3.63, 3.8) is 0 Å². The first-order valence-electron chi connectivity index (χ1n) is 13.8. The molecular formula is C33H39AlO9. The van der Waals surface area contributed by atoms with Crippen molar-refractivity contribution in [1.29, 1.82) is 0 Å². The molecule has 0 radical (unpaired) electrons. The molecule has 10 heteroatoms. The van der Waals surface area contributed by atoms with Gasteiger partial charge in [-0.2, -0.15) is 0 Å². The average Bonchev–Trinajstić information content (AvgIpc) is 2.86. The molecular weight excluding hydrogens is 567 g/mol. The predicted octanol–water partition coefficient (Wildman–Crippen LogP) is 6.55. The van der Waals surface area contributed by atoms with Gasteiger partial charge in [-0.1, -0.05) is 62.3 Å². The Kier molecular flexibility index (Phi) is 9.59. The van der Waals surface area contributed by atoms with Gasteiger partial charge in [0.2, 0.25) is 0 Å². The summed E-state index contributed by atoms with van der Waals surface area (Å²) < 4.78 is 16.9. The number of hydrogen-bond acceptors (Lipinski definition) is 9. The first-order chi connectivity index (χ1) is 19.7. The van der Waals surface area contributed by atoms with E-state index >= 15 is 0 Å². The van der Waals surface area contributed by atoms with E-state index in [-0.39, 0.29) is 33.9 Å². The number of carbonyl (C=O) groups excluding carboxylic acids is 3.